The van der Waals surface area contributed by atoms with E-state index in [1.807, 2.05) is 19.1 Å². The molecule has 6 nitrogen and oxygen atoms in total. The molecule has 0 saturated heterocycles. The summed E-state index contributed by atoms with van der Waals surface area (Å²) in [5, 5.41) is 13.3. The van der Waals surface area contributed by atoms with E-state index in [0.717, 1.165) is 23.3 Å². The molecule has 0 saturated carbocycles. The number of hydrogen-bond donors (Lipinski definition) is 1. The van der Waals surface area contributed by atoms with Crippen molar-refractivity contribution in [2.75, 3.05) is 7.11 Å². The van der Waals surface area contributed by atoms with Gasteiger partial charge in [-0.05, 0) is 36.2 Å². The molecule has 7 heteroatoms. The molecule has 120 valence electrons. The number of carbonyl (C=O) groups excluding carboxylic acids is 1. The normalized spacial score (nSPS) is 10.2. The number of nitrogens with zero attached hydrogens (tertiary/aromatic N) is 1. The van der Waals surface area contributed by atoms with Crippen LogP contribution in [0.15, 0.2) is 36.4 Å². The number of methoxy groups -OCH3 is 1. The molecule has 2 rings (SSSR count). The second-order valence-corrected chi connectivity index (χ2v) is 4.91. The van der Waals surface area contributed by atoms with Crippen molar-refractivity contribution in [3.8, 4) is 5.75 Å². The number of hydrogen-bond acceptors (Lipinski definition) is 4. The highest BCUT2D eigenvalue weighted by Crippen LogP contribution is 2.20. The van der Waals surface area contributed by atoms with Crippen molar-refractivity contribution in [1.82, 2.24) is 5.32 Å². The van der Waals surface area contributed by atoms with Crippen molar-refractivity contribution in [2.45, 2.75) is 13.5 Å². The van der Waals surface area contributed by atoms with E-state index in [2.05, 4.69) is 5.32 Å². The SMILES string of the molecule is COc1cc(CNC(=O)c2ccc(F)c([N+](=O)[O-])c2)ccc1C. The summed E-state index contributed by atoms with van der Waals surface area (Å²) in [4.78, 5) is 21.9. The number of ether oxygens (including phenoxy) is 1. The fourth-order valence-electron chi connectivity index (χ4n) is 2.05. The third-order valence-electron chi connectivity index (χ3n) is 3.33. The summed E-state index contributed by atoms with van der Waals surface area (Å²) in [6, 6.07) is 8.52. The predicted octanol–water partition coefficient (Wildman–Crippen LogP) is 2.98. The number of rotatable bonds is 5. The van der Waals surface area contributed by atoms with Gasteiger partial charge in [0.2, 0.25) is 5.82 Å². The Morgan fingerprint density at radius 3 is 2.70 bits per heavy atom. The van der Waals surface area contributed by atoms with Crippen LogP contribution in [0.4, 0.5) is 10.1 Å². The van der Waals surface area contributed by atoms with Crippen LogP contribution in [0.25, 0.3) is 0 Å². The summed E-state index contributed by atoms with van der Waals surface area (Å²) in [6.07, 6.45) is 0. The first-order valence-electron chi connectivity index (χ1n) is 6.78. The molecule has 0 aromatic heterocycles. The van der Waals surface area contributed by atoms with Gasteiger partial charge in [0.05, 0.1) is 12.0 Å². The third-order valence-corrected chi connectivity index (χ3v) is 3.33. The number of nitro benzene ring substituents is 1. The molecule has 0 unspecified atom stereocenters. The first-order valence-corrected chi connectivity index (χ1v) is 6.78. The van der Waals surface area contributed by atoms with E-state index in [-0.39, 0.29) is 12.1 Å². The van der Waals surface area contributed by atoms with Crippen molar-refractivity contribution in [1.29, 1.82) is 0 Å². The van der Waals surface area contributed by atoms with Gasteiger partial charge in [0, 0.05) is 18.2 Å². The van der Waals surface area contributed by atoms with Crippen molar-refractivity contribution >= 4 is 11.6 Å². The van der Waals surface area contributed by atoms with Gasteiger partial charge in [-0.3, -0.25) is 14.9 Å². The summed E-state index contributed by atoms with van der Waals surface area (Å²) in [5.41, 5.74) is 1.08. The smallest absolute Gasteiger partial charge is 0.305 e. The number of nitrogens with one attached hydrogen (secondary N) is 1. The molecule has 2 aromatic carbocycles. The van der Waals surface area contributed by atoms with Crippen molar-refractivity contribution in [3.63, 3.8) is 0 Å². The van der Waals surface area contributed by atoms with Gasteiger partial charge in [-0.25, -0.2) is 0 Å². The van der Waals surface area contributed by atoms with E-state index in [1.165, 1.54) is 6.07 Å². The molecule has 1 amide bonds. The maximum absolute atomic E-state index is 13.3. The van der Waals surface area contributed by atoms with E-state index in [4.69, 9.17) is 4.74 Å². The molecule has 23 heavy (non-hydrogen) atoms. The van der Waals surface area contributed by atoms with Crippen LogP contribution in [-0.2, 0) is 6.54 Å². The Kier molecular flexibility index (Phi) is 4.90. The van der Waals surface area contributed by atoms with Gasteiger partial charge in [0.1, 0.15) is 5.75 Å². The zero-order valence-corrected chi connectivity index (χ0v) is 12.6. The number of benzene rings is 2. The molecule has 0 radical (unpaired) electrons. The summed E-state index contributed by atoms with van der Waals surface area (Å²) in [6.45, 7) is 2.12. The highest BCUT2D eigenvalue weighted by atomic mass is 19.1. The molecule has 0 atom stereocenters. The maximum Gasteiger partial charge on any atom is 0.305 e. The minimum atomic E-state index is -0.977. The van der Waals surface area contributed by atoms with Crippen LogP contribution in [0.5, 0.6) is 5.75 Å². The van der Waals surface area contributed by atoms with Gasteiger partial charge in [0.25, 0.3) is 5.91 Å². The minimum Gasteiger partial charge on any atom is -0.496 e. The molecule has 0 aliphatic carbocycles. The lowest BCUT2D eigenvalue weighted by molar-refractivity contribution is -0.387. The average Bonchev–Trinajstić information content (AvgIpc) is 2.53. The first-order chi connectivity index (χ1) is 10.9. The molecule has 0 spiro atoms. The molecule has 0 fully saturated rings. The minimum absolute atomic E-state index is 0.0252. The Bertz CT molecular complexity index is 762. The lowest BCUT2D eigenvalue weighted by atomic mass is 10.1. The Hall–Kier alpha value is -2.96. The third kappa shape index (κ3) is 3.82. The first kappa shape index (κ1) is 16.4. The monoisotopic (exact) mass is 318 g/mol. The molecule has 0 aliphatic rings. The molecule has 2 aromatic rings. The predicted molar refractivity (Wildman–Crippen MR) is 82.0 cm³/mol. The zero-order chi connectivity index (χ0) is 17.0. The van der Waals surface area contributed by atoms with Gasteiger partial charge in [0.15, 0.2) is 0 Å². The van der Waals surface area contributed by atoms with Gasteiger partial charge < -0.3 is 10.1 Å². The van der Waals surface area contributed by atoms with E-state index < -0.39 is 22.3 Å². The molecular formula is C16H15FN2O4. The van der Waals surface area contributed by atoms with Crippen LogP contribution in [0.3, 0.4) is 0 Å². The lowest BCUT2D eigenvalue weighted by Gasteiger charge is -2.09. The standard InChI is InChI=1S/C16H15FN2O4/c1-10-3-4-11(7-15(10)23-2)9-18-16(20)12-5-6-13(17)14(8-12)19(21)22/h3-8H,9H2,1-2H3,(H,18,20). The van der Waals surface area contributed by atoms with Crippen LogP contribution in [0.1, 0.15) is 21.5 Å². The maximum atomic E-state index is 13.3. The Balaban J connectivity index is 2.11. The average molecular weight is 318 g/mol. The van der Waals surface area contributed by atoms with Crippen LogP contribution in [0, 0.1) is 22.9 Å². The van der Waals surface area contributed by atoms with Gasteiger partial charge >= 0.3 is 5.69 Å². The van der Waals surface area contributed by atoms with E-state index >= 15 is 0 Å². The number of aryl methyl sites for hydroxylation is 1. The fraction of sp³-hybridized carbons (Fsp3) is 0.188. The summed E-state index contributed by atoms with van der Waals surface area (Å²) >= 11 is 0. The van der Waals surface area contributed by atoms with E-state index in [0.29, 0.717) is 5.75 Å². The number of amides is 1. The molecule has 0 bridgehead atoms. The quantitative estimate of drug-likeness (QED) is 0.679. The fourth-order valence-corrected chi connectivity index (χ4v) is 2.05. The Morgan fingerprint density at radius 1 is 1.30 bits per heavy atom. The second kappa shape index (κ2) is 6.87. The van der Waals surface area contributed by atoms with Gasteiger partial charge in [-0.1, -0.05) is 12.1 Å². The largest absolute Gasteiger partial charge is 0.496 e. The van der Waals surface area contributed by atoms with Crippen LogP contribution < -0.4 is 10.1 Å². The second-order valence-electron chi connectivity index (χ2n) is 4.91. The lowest BCUT2D eigenvalue weighted by Crippen LogP contribution is -2.23. The van der Waals surface area contributed by atoms with Crippen molar-refractivity contribution in [3.05, 3.63) is 69.0 Å². The van der Waals surface area contributed by atoms with Crippen LogP contribution in [0.2, 0.25) is 0 Å². The number of carbonyl (C=O) groups is 1. The van der Waals surface area contributed by atoms with Gasteiger partial charge in [-0.15, -0.1) is 0 Å². The molecular weight excluding hydrogens is 303 g/mol. The van der Waals surface area contributed by atoms with Crippen LogP contribution in [-0.4, -0.2) is 17.9 Å². The summed E-state index contributed by atoms with van der Waals surface area (Å²) in [5.74, 6) is -0.795. The van der Waals surface area contributed by atoms with Crippen molar-refractivity contribution < 1.29 is 18.8 Å². The van der Waals surface area contributed by atoms with Crippen molar-refractivity contribution in [2.24, 2.45) is 0 Å². The van der Waals surface area contributed by atoms with E-state index in [1.54, 1.807) is 13.2 Å². The Morgan fingerprint density at radius 2 is 2.04 bits per heavy atom. The molecule has 0 heterocycles. The highest BCUT2D eigenvalue weighted by molar-refractivity contribution is 5.94. The molecule has 0 aliphatic heterocycles. The van der Waals surface area contributed by atoms with Gasteiger partial charge in [-0.2, -0.15) is 4.39 Å². The number of nitro groups is 1. The Labute approximate surface area is 132 Å². The topological polar surface area (TPSA) is 81.5 Å². The summed E-state index contributed by atoms with van der Waals surface area (Å²) in [7, 11) is 1.56. The number of halogens is 1. The van der Waals surface area contributed by atoms with E-state index in [9.17, 15) is 19.3 Å². The molecule has 1 N–H and O–H groups in total. The van der Waals surface area contributed by atoms with Crippen LogP contribution >= 0.6 is 0 Å². The zero-order valence-electron chi connectivity index (χ0n) is 12.6. The highest BCUT2D eigenvalue weighted by Gasteiger charge is 2.17. The summed E-state index contributed by atoms with van der Waals surface area (Å²) < 4.78 is 18.5.